The third-order valence-electron chi connectivity index (χ3n) is 2.15. The molecule has 0 aliphatic rings. The third kappa shape index (κ3) is 3.03. The van der Waals surface area contributed by atoms with E-state index in [4.69, 9.17) is 5.73 Å². The van der Waals surface area contributed by atoms with Crippen molar-refractivity contribution in [1.29, 1.82) is 0 Å². The number of benzene rings is 1. The normalized spacial score (nSPS) is 12.1. The van der Waals surface area contributed by atoms with Crippen molar-refractivity contribution in [3.8, 4) is 0 Å². The molecule has 1 unspecified atom stereocenters. The van der Waals surface area contributed by atoms with Crippen LogP contribution in [0.2, 0.25) is 0 Å². The van der Waals surface area contributed by atoms with E-state index in [-0.39, 0.29) is 12.1 Å². The average molecular weight is 287 g/mol. The predicted molar refractivity (Wildman–Crippen MR) is 63.4 cm³/mol. The number of alkyl halides is 1. The van der Waals surface area contributed by atoms with Gasteiger partial charge in [0, 0.05) is 18.1 Å². The molecule has 1 aromatic carbocycles. The number of nitro groups is 1. The van der Waals surface area contributed by atoms with Crippen LogP contribution in [0.5, 0.6) is 0 Å². The van der Waals surface area contributed by atoms with Crippen molar-refractivity contribution in [2.24, 2.45) is 5.73 Å². The van der Waals surface area contributed by atoms with Crippen molar-refractivity contribution >= 4 is 27.5 Å². The lowest BCUT2D eigenvalue weighted by atomic mass is 10.1. The summed E-state index contributed by atoms with van der Waals surface area (Å²) in [4.78, 5) is 20.6. The fourth-order valence-electron chi connectivity index (χ4n) is 1.31. The van der Waals surface area contributed by atoms with Crippen molar-refractivity contribution in [3.63, 3.8) is 0 Å². The largest absolute Gasteiger partial charge is 0.369 e. The monoisotopic (exact) mass is 286 g/mol. The Hall–Kier alpha value is -1.43. The number of hydrogen-bond acceptors (Lipinski definition) is 3. The summed E-state index contributed by atoms with van der Waals surface area (Å²) in [5.74, 6) is -0.533. The van der Waals surface area contributed by atoms with Gasteiger partial charge < -0.3 is 5.73 Å². The van der Waals surface area contributed by atoms with E-state index in [1.54, 1.807) is 19.1 Å². The molecular weight excluding hydrogens is 276 g/mol. The zero-order chi connectivity index (χ0) is 12.3. The van der Waals surface area contributed by atoms with Gasteiger partial charge in [0.15, 0.2) is 0 Å². The van der Waals surface area contributed by atoms with Crippen molar-refractivity contribution in [2.45, 2.75) is 18.2 Å². The van der Waals surface area contributed by atoms with E-state index in [0.717, 1.165) is 5.56 Å². The number of halogens is 1. The van der Waals surface area contributed by atoms with Gasteiger partial charge in [0.1, 0.15) is 0 Å². The van der Waals surface area contributed by atoms with Gasteiger partial charge in [0.2, 0.25) is 5.91 Å². The van der Waals surface area contributed by atoms with Crippen molar-refractivity contribution in [1.82, 2.24) is 0 Å². The minimum absolute atomic E-state index is 0.0192. The minimum atomic E-state index is -0.589. The highest BCUT2D eigenvalue weighted by Gasteiger charge is 2.19. The summed E-state index contributed by atoms with van der Waals surface area (Å²) in [6, 6.07) is 4.89. The second-order valence-electron chi connectivity index (χ2n) is 3.46. The van der Waals surface area contributed by atoms with E-state index in [9.17, 15) is 14.9 Å². The lowest BCUT2D eigenvalue weighted by molar-refractivity contribution is -0.385. The number of primary amides is 1. The van der Waals surface area contributed by atoms with Crippen molar-refractivity contribution < 1.29 is 9.72 Å². The molecule has 16 heavy (non-hydrogen) atoms. The summed E-state index contributed by atoms with van der Waals surface area (Å²) < 4.78 is 0. The molecular formula is C10H11BrN2O3. The highest BCUT2D eigenvalue weighted by atomic mass is 79.9. The first-order chi connectivity index (χ1) is 7.41. The maximum absolute atomic E-state index is 10.9. The van der Waals surface area contributed by atoms with Gasteiger partial charge in [0.25, 0.3) is 5.69 Å². The first-order valence-corrected chi connectivity index (χ1v) is 5.50. The molecule has 86 valence electrons. The highest BCUT2D eigenvalue weighted by molar-refractivity contribution is 9.10. The summed E-state index contributed by atoms with van der Waals surface area (Å²) in [5.41, 5.74) is 6.41. The van der Waals surface area contributed by atoms with Crippen molar-refractivity contribution in [3.05, 3.63) is 39.4 Å². The van der Waals surface area contributed by atoms with Gasteiger partial charge in [-0.05, 0) is 12.5 Å². The topological polar surface area (TPSA) is 86.2 Å². The lowest BCUT2D eigenvalue weighted by Crippen LogP contribution is -2.25. The molecule has 0 bridgehead atoms. The quantitative estimate of drug-likeness (QED) is 0.519. The Balaban J connectivity index is 3.04. The van der Waals surface area contributed by atoms with Crippen LogP contribution in [-0.4, -0.2) is 15.7 Å². The van der Waals surface area contributed by atoms with Gasteiger partial charge >= 0.3 is 0 Å². The molecule has 2 N–H and O–H groups in total. The van der Waals surface area contributed by atoms with Crippen LogP contribution >= 0.6 is 15.9 Å². The molecule has 0 heterocycles. The Morgan fingerprint density at radius 2 is 2.25 bits per heavy atom. The van der Waals surface area contributed by atoms with Crippen LogP contribution in [0.25, 0.3) is 0 Å². The Morgan fingerprint density at radius 3 is 2.75 bits per heavy atom. The number of amides is 1. The summed E-state index contributed by atoms with van der Waals surface area (Å²) in [6.07, 6.45) is 0.214. The molecule has 1 atom stereocenters. The van der Waals surface area contributed by atoms with Crippen LogP contribution in [-0.2, 0) is 11.2 Å². The number of carbonyl (C=O) groups excluding carboxylic acids is 1. The van der Waals surface area contributed by atoms with Gasteiger partial charge in [-0.2, -0.15) is 0 Å². The smallest absolute Gasteiger partial charge is 0.272 e. The van der Waals surface area contributed by atoms with Gasteiger partial charge in [0.05, 0.1) is 9.75 Å². The van der Waals surface area contributed by atoms with Crippen LogP contribution in [0.15, 0.2) is 18.2 Å². The van der Waals surface area contributed by atoms with Crippen LogP contribution < -0.4 is 5.73 Å². The zero-order valence-electron chi connectivity index (χ0n) is 8.64. The minimum Gasteiger partial charge on any atom is -0.369 e. The SMILES string of the molecule is Cc1ccc(CC(Br)C(N)=O)c([N+](=O)[O-])c1. The number of carbonyl (C=O) groups is 1. The van der Waals surface area contributed by atoms with Crippen LogP contribution in [0.4, 0.5) is 5.69 Å². The number of rotatable bonds is 4. The number of nitrogens with zero attached hydrogens (tertiary/aromatic N) is 1. The predicted octanol–water partition coefficient (Wildman–Crippen LogP) is 1.69. The number of hydrogen-bond donors (Lipinski definition) is 1. The Bertz CT molecular complexity index is 434. The Labute approximate surface area is 101 Å². The molecule has 1 aromatic rings. The second-order valence-corrected chi connectivity index (χ2v) is 4.57. The number of nitrogens with two attached hydrogens (primary N) is 1. The molecule has 5 nitrogen and oxygen atoms in total. The zero-order valence-corrected chi connectivity index (χ0v) is 10.2. The van der Waals surface area contributed by atoms with Crippen LogP contribution in [0.1, 0.15) is 11.1 Å². The maximum atomic E-state index is 10.9. The second kappa shape index (κ2) is 5.07. The van der Waals surface area contributed by atoms with E-state index < -0.39 is 15.7 Å². The third-order valence-corrected chi connectivity index (χ3v) is 2.92. The Morgan fingerprint density at radius 1 is 1.62 bits per heavy atom. The summed E-state index contributed by atoms with van der Waals surface area (Å²) >= 11 is 3.08. The van der Waals surface area contributed by atoms with E-state index in [2.05, 4.69) is 15.9 Å². The van der Waals surface area contributed by atoms with Gasteiger partial charge in [-0.1, -0.05) is 28.1 Å². The van der Waals surface area contributed by atoms with Gasteiger partial charge in [-0.15, -0.1) is 0 Å². The molecule has 0 aromatic heterocycles. The standard InChI is InChI=1S/C10H11BrN2O3/c1-6-2-3-7(5-8(11)10(12)14)9(4-6)13(15)16/h2-4,8H,5H2,1H3,(H2,12,14). The van der Waals surface area contributed by atoms with Crippen molar-refractivity contribution in [2.75, 3.05) is 0 Å². The van der Waals surface area contributed by atoms with Crippen LogP contribution in [0.3, 0.4) is 0 Å². The molecule has 0 aliphatic carbocycles. The fraction of sp³-hybridized carbons (Fsp3) is 0.300. The summed E-state index contributed by atoms with van der Waals surface area (Å²) in [6.45, 7) is 1.77. The first kappa shape index (κ1) is 12.6. The summed E-state index contributed by atoms with van der Waals surface area (Å²) in [7, 11) is 0. The van der Waals surface area contributed by atoms with Crippen LogP contribution in [0, 0.1) is 17.0 Å². The molecule has 1 rings (SSSR count). The molecule has 0 aliphatic heterocycles. The molecule has 0 radical (unpaired) electrons. The molecule has 0 saturated carbocycles. The van der Waals surface area contributed by atoms with E-state index >= 15 is 0 Å². The molecule has 1 amide bonds. The number of aryl methyl sites for hydroxylation is 1. The summed E-state index contributed by atoms with van der Waals surface area (Å²) in [5, 5.41) is 10.8. The molecule has 6 heteroatoms. The molecule has 0 fully saturated rings. The van der Waals surface area contributed by atoms with Gasteiger partial charge in [-0.3, -0.25) is 14.9 Å². The van der Waals surface area contributed by atoms with E-state index in [1.165, 1.54) is 6.07 Å². The first-order valence-electron chi connectivity index (χ1n) is 4.59. The lowest BCUT2D eigenvalue weighted by Gasteiger charge is -2.06. The van der Waals surface area contributed by atoms with Gasteiger partial charge in [-0.25, -0.2) is 0 Å². The highest BCUT2D eigenvalue weighted by Crippen LogP contribution is 2.23. The van der Waals surface area contributed by atoms with E-state index in [1.807, 2.05) is 0 Å². The molecule has 0 spiro atoms. The van der Waals surface area contributed by atoms with E-state index in [0.29, 0.717) is 5.56 Å². The average Bonchev–Trinajstić information content (AvgIpc) is 2.20. The number of nitro benzene ring substituents is 1. The Kier molecular flexibility index (Phi) is 4.00. The fourth-order valence-corrected chi connectivity index (χ4v) is 1.66. The molecule has 0 saturated heterocycles. The maximum Gasteiger partial charge on any atom is 0.272 e.